The molecule has 0 amide bonds. The largest absolute Gasteiger partial charge is 0.496 e. The van der Waals surface area contributed by atoms with Crippen LogP contribution >= 0.6 is 23.2 Å². The van der Waals surface area contributed by atoms with Crippen molar-refractivity contribution in [3.63, 3.8) is 0 Å². The second kappa shape index (κ2) is 5.97. The molecule has 0 aliphatic carbocycles. The van der Waals surface area contributed by atoms with Crippen molar-refractivity contribution >= 4 is 29.2 Å². The molecule has 3 nitrogen and oxygen atoms in total. The van der Waals surface area contributed by atoms with Gasteiger partial charge in [0.25, 0.3) is 0 Å². The van der Waals surface area contributed by atoms with Crippen molar-refractivity contribution in [3.05, 3.63) is 28.8 Å². The average Bonchev–Trinajstić information content (AvgIpc) is 2.35. The van der Waals surface area contributed by atoms with Crippen molar-refractivity contribution in [2.24, 2.45) is 0 Å². The first-order valence-electron chi connectivity index (χ1n) is 4.58. The van der Waals surface area contributed by atoms with Crippen molar-refractivity contribution in [1.82, 2.24) is 0 Å². The van der Waals surface area contributed by atoms with Crippen LogP contribution in [0.5, 0.6) is 5.75 Å². The molecule has 0 N–H and O–H groups in total. The van der Waals surface area contributed by atoms with Gasteiger partial charge in [0, 0.05) is 11.4 Å². The molecule has 1 aromatic carbocycles. The summed E-state index contributed by atoms with van der Waals surface area (Å²) in [5.74, 6) is 0.669. The van der Waals surface area contributed by atoms with Gasteiger partial charge in [-0.05, 0) is 17.7 Å². The zero-order valence-electron chi connectivity index (χ0n) is 9.05. The second-order valence-electron chi connectivity index (χ2n) is 3.08. The third-order valence-electron chi connectivity index (χ3n) is 2.20. The Hall–Kier alpha value is -0.930. The first-order chi connectivity index (χ1) is 7.67. The van der Waals surface area contributed by atoms with Crippen molar-refractivity contribution in [2.45, 2.75) is 11.8 Å². The van der Waals surface area contributed by atoms with Gasteiger partial charge in [0.2, 0.25) is 0 Å². The standard InChI is InChI=1S/C11H12Cl2O3/c1-15-10-4-7(5-12)9(11(14)16-2)3-8(10)6-13/h3-4H,5-6H2,1-2H3. The molecule has 5 heteroatoms. The third-order valence-corrected chi connectivity index (χ3v) is 2.78. The molecule has 88 valence electrons. The lowest BCUT2D eigenvalue weighted by atomic mass is 10.0. The second-order valence-corrected chi connectivity index (χ2v) is 3.61. The lowest BCUT2D eigenvalue weighted by molar-refractivity contribution is 0.0599. The molecule has 0 saturated heterocycles. The number of carbonyl (C=O) groups is 1. The topological polar surface area (TPSA) is 35.5 Å². The normalized spacial score (nSPS) is 10.0. The smallest absolute Gasteiger partial charge is 0.338 e. The molecule has 0 heterocycles. The van der Waals surface area contributed by atoms with Crippen LogP contribution in [0.2, 0.25) is 0 Å². The Morgan fingerprint density at radius 3 is 2.25 bits per heavy atom. The fraction of sp³-hybridized carbons (Fsp3) is 0.364. The van der Waals surface area contributed by atoms with Gasteiger partial charge in [-0.15, -0.1) is 23.2 Å². The maximum Gasteiger partial charge on any atom is 0.338 e. The number of hydrogen-bond acceptors (Lipinski definition) is 3. The molecule has 1 aromatic rings. The number of esters is 1. The van der Waals surface area contributed by atoms with E-state index in [0.717, 1.165) is 5.56 Å². The van der Waals surface area contributed by atoms with E-state index >= 15 is 0 Å². The summed E-state index contributed by atoms with van der Waals surface area (Å²) >= 11 is 11.5. The minimum absolute atomic E-state index is 0.212. The van der Waals surface area contributed by atoms with E-state index in [-0.39, 0.29) is 11.8 Å². The van der Waals surface area contributed by atoms with Gasteiger partial charge in [0.1, 0.15) is 5.75 Å². The highest BCUT2D eigenvalue weighted by Gasteiger charge is 2.15. The van der Waals surface area contributed by atoms with E-state index in [2.05, 4.69) is 4.74 Å². The fourth-order valence-electron chi connectivity index (χ4n) is 1.37. The zero-order valence-corrected chi connectivity index (χ0v) is 10.6. The van der Waals surface area contributed by atoms with Crippen molar-refractivity contribution < 1.29 is 14.3 Å². The third kappa shape index (κ3) is 2.60. The highest BCUT2D eigenvalue weighted by Crippen LogP contribution is 2.26. The van der Waals surface area contributed by atoms with Gasteiger partial charge in [0.05, 0.1) is 25.7 Å². The Bertz CT molecular complexity index is 391. The van der Waals surface area contributed by atoms with Crippen molar-refractivity contribution in [3.8, 4) is 5.75 Å². The maximum absolute atomic E-state index is 11.5. The first-order valence-corrected chi connectivity index (χ1v) is 5.64. The summed E-state index contributed by atoms with van der Waals surface area (Å²) in [6, 6.07) is 3.35. The van der Waals surface area contributed by atoms with E-state index in [1.807, 2.05) is 0 Å². The molecule has 0 atom stereocenters. The lowest BCUT2D eigenvalue weighted by Crippen LogP contribution is -2.06. The zero-order chi connectivity index (χ0) is 12.1. The first kappa shape index (κ1) is 13.1. The van der Waals surface area contributed by atoms with Gasteiger partial charge in [-0.2, -0.15) is 0 Å². The maximum atomic E-state index is 11.5. The molecule has 0 radical (unpaired) electrons. The van der Waals surface area contributed by atoms with E-state index in [0.29, 0.717) is 16.9 Å². The Balaban J connectivity index is 3.31. The summed E-state index contributed by atoms with van der Waals surface area (Å²) in [5, 5.41) is 0. The molecule has 0 aromatic heterocycles. The van der Waals surface area contributed by atoms with Gasteiger partial charge in [0.15, 0.2) is 0 Å². The molecule has 16 heavy (non-hydrogen) atoms. The summed E-state index contributed by atoms with van der Waals surface area (Å²) in [4.78, 5) is 11.5. The van der Waals surface area contributed by atoms with E-state index in [1.165, 1.54) is 7.11 Å². The summed E-state index contributed by atoms with van der Waals surface area (Å²) in [7, 11) is 2.87. The summed E-state index contributed by atoms with van der Waals surface area (Å²) in [5.41, 5.74) is 1.83. The molecular weight excluding hydrogens is 251 g/mol. The van der Waals surface area contributed by atoms with Gasteiger partial charge in [-0.25, -0.2) is 4.79 Å². The molecule has 0 fully saturated rings. The van der Waals surface area contributed by atoms with Crippen LogP contribution in [0.25, 0.3) is 0 Å². The van der Waals surface area contributed by atoms with Crippen LogP contribution in [-0.2, 0) is 16.5 Å². The number of hydrogen-bond donors (Lipinski definition) is 0. The van der Waals surface area contributed by atoms with Gasteiger partial charge >= 0.3 is 5.97 Å². The van der Waals surface area contributed by atoms with Crippen LogP contribution in [0, 0.1) is 0 Å². The van der Waals surface area contributed by atoms with Gasteiger partial charge in [-0.3, -0.25) is 0 Å². The molecule has 0 aliphatic rings. The van der Waals surface area contributed by atoms with Crippen molar-refractivity contribution in [2.75, 3.05) is 14.2 Å². The molecule has 0 spiro atoms. The predicted molar refractivity (Wildman–Crippen MR) is 63.4 cm³/mol. The highest BCUT2D eigenvalue weighted by atomic mass is 35.5. The van der Waals surface area contributed by atoms with E-state index in [4.69, 9.17) is 27.9 Å². The number of halogens is 2. The Morgan fingerprint density at radius 1 is 1.19 bits per heavy atom. The quantitative estimate of drug-likeness (QED) is 0.618. The number of carbonyl (C=O) groups excluding carboxylic acids is 1. The Morgan fingerprint density at radius 2 is 1.81 bits per heavy atom. The fourth-order valence-corrected chi connectivity index (χ4v) is 1.80. The summed E-state index contributed by atoms with van der Waals surface area (Å²) in [6.45, 7) is 0. The molecular formula is C11H12Cl2O3. The van der Waals surface area contributed by atoms with Crippen molar-refractivity contribution in [1.29, 1.82) is 0 Å². The number of methoxy groups -OCH3 is 2. The highest BCUT2D eigenvalue weighted by molar-refractivity contribution is 6.18. The molecule has 1 rings (SSSR count). The number of benzene rings is 1. The monoisotopic (exact) mass is 262 g/mol. The Kier molecular flexibility index (Phi) is 4.90. The number of alkyl halides is 2. The molecule has 0 bridgehead atoms. The van der Waals surface area contributed by atoms with Crippen LogP contribution in [0.3, 0.4) is 0 Å². The van der Waals surface area contributed by atoms with E-state index in [1.54, 1.807) is 19.2 Å². The predicted octanol–water partition coefficient (Wildman–Crippen LogP) is 2.96. The molecule has 0 unspecified atom stereocenters. The van der Waals surface area contributed by atoms with Gasteiger partial charge in [-0.1, -0.05) is 0 Å². The Labute approximate surface area is 104 Å². The number of ether oxygens (including phenoxy) is 2. The lowest BCUT2D eigenvalue weighted by Gasteiger charge is -2.11. The number of rotatable bonds is 4. The van der Waals surface area contributed by atoms with Gasteiger partial charge < -0.3 is 9.47 Å². The van der Waals surface area contributed by atoms with Crippen LogP contribution in [0.1, 0.15) is 21.5 Å². The van der Waals surface area contributed by atoms with Crippen LogP contribution in [-0.4, -0.2) is 20.2 Å². The minimum atomic E-state index is -0.426. The van der Waals surface area contributed by atoms with E-state index in [9.17, 15) is 4.79 Å². The SMILES string of the molecule is COC(=O)c1cc(CCl)c(OC)cc1CCl. The summed E-state index contributed by atoms with van der Waals surface area (Å²) in [6.07, 6.45) is 0. The van der Waals surface area contributed by atoms with Crippen LogP contribution < -0.4 is 4.74 Å². The van der Waals surface area contributed by atoms with Crippen LogP contribution in [0.4, 0.5) is 0 Å². The minimum Gasteiger partial charge on any atom is -0.496 e. The summed E-state index contributed by atoms with van der Waals surface area (Å²) < 4.78 is 9.82. The molecule has 0 aliphatic heterocycles. The van der Waals surface area contributed by atoms with Crippen LogP contribution in [0.15, 0.2) is 12.1 Å². The van der Waals surface area contributed by atoms with E-state index < -0.39 is 5.97 Å². The molecule has 0 saturated carbocycles. The average molecular weight is 263 g/mol.